The molecule has 0 bridgehead atoms. The lowest BCUT2D eigenvalue weighted by Crippen LogP contribution is -2.41. The van der Waals surface area contributed by atoms with E-state index in [0.29, 0.717) is 11.0 Å². The summed E-state index contributed by atoms with van der Waals surface area (Å²) in [5.74, 6) is -0.585. The fraction of sp³-hybridized carbons (Fsp3) is 0.636. The summed E-state index contributed by atoms with van der Waals surface area (Å²) in [6.07, 6.45) is -4.42. The van der Waals surface area contributed by atoms with E-state index in [1.54, 1.807) is 0 Å². The van der Waals surface area contributed by atoms with E-state index in [-0.39, 0.29) is 0 Å². The smallest absolute Gasteiger partial charge is 0.403 e. The van der Waals surface area contributed by atoms with Crippen LogP contribution in [-0.4, -0.2) is 36.6 Å². The van der Waals surface area contributed by atoms with Crippen LogP contribution in [0.25, 0.3) is 0 Å². The second-order valence-corrected chi connectivity index (χ2v) is 10.4. The van der Waals surface area contributed by atoms with Crippen molar-refractivity contribution in [1.29, 1.82) is 0 Å². The molecule has 1 aromatic carbocycles. The fourth-order valence-electron chi connectivity index (χ4n) is 3.59. The molecule has 9 heteroatoms. The predicted octanol–water partition coefficient (Wildman–Crippen LogP) is 5.61. The SMILES string of the molecule is C=C(B1OC(C)(C)C(C)(C)O1)[C@@H](B1OC(C)(C)C(C)(C)O1)c1ccc(C(F)(F)F)cc1. The van der Waals surface area contributed by atoms with Gasteiger partial charge in [-0.1, -0.05) is 12.1 Å². The number of alkyl halides is 3. The van der Waals surface area contributed by atoms with Crippen LogP contribution >= 0.6 is 0 Å². The van der Waals surface area contributed by atoms with Crippen molar-refractivity contribution in [1.82, 2.24) is 0 Å². The Balaban J connectivity index is 1.99. The highest BCUT2D eigenvalue weighted by Crippen LogP contribution is 2.46. The van der Waals surface area contributed by atoms with Crippen LogP contribution < -0.4 is 0 Å². The number of halogens is 3. The standard InChI is InChI=1S/C22H31B2F3O4/c1-14(23-28-18(2,3)19(4,5)29-23)17(24-30-20(6,7)21(8,9)31-24)15-10-12-16(13-11-15)22(25,26)27/h10-13,17H,1H2,2-9H3/t17-/m1/s1. The minimum Gasteiger partial charge on any atom is -0.403 e. The van der Waals surface area contributed by atoms with Crippen LogP contribution in [0.2, 0.25) is 0 Å². The first-order valence-corrected chi connectivity index (χ1v) is 10.5. The van der Waals surface area contributed by atoms with E-state index in [9.17, 15) is 13.2 Å². The normalized spacial score (nSPS) is 25.0. The van der Waals surface area contributed by atoms with E-state index in [2.05, 4.69) is 6.58 Å². The van der Waals surface area contributed by atoms with Crippen LogP contribution in [0.4, 0.5) is 13.2 Å². The van der Waals surface area contributed by atoms with Crippen LogP contribution in [0.1, 0.15) is 72.3 Å². The molecule has 0 N–H and O–H groups in total. The quantitative estimate of drug-likeness (QED) is 0.573. The van der Waals surface area contributed by atoms with Gasteiger partial charge in [-0.15, -0.1) is 6.58 Å². The van der Waals surface area contributed by atoms with Gasteiger partial charge in [0.15, 0.2) is 0 Å². The molecule has 0 aliphatic carbocycles. The zero-order chi connectivity index (χ0) is 23.6. The summed E-state index contributed by atoms with van der Waals surface area (Å²) in [5, 5.41) is 0. The molecule has 31 heavy (non-hydrogen) atoms. The van der Waals surface area contributed by atoms with Crippen molar-refractivity contribution < 1.29 is 31.8 Å². The van der Waals surface area contributed by atoms with Gasteiger partial charge in [-0.05, 0) is 78.6 Å². The highest BCUT2D eigenvalue weighted by Gasteiger charge is 2.58. The first-order valence-electron chi connectivity index (χ1n) is 10.5. The molecule has 4 nitrogen and oxygen atoms in total. The second kappa shape index (κ2) is 7.37. The van der Waals surface area contributed by atoms with E-state index in [1.807, 2.05) is 55.4 Å². The van der Waals surface area contributed by atoms with Crippen molar-refractivity contribution >= 4 is 14.2 Å². The minimum absolute atomic E-state index is 0.539. The molecule has 170 valence electrons. The Bertz CT molecular complexity index is 815. The first kappa shape index (κ1) is 24.4. The van der Waals surface area contributed by atoms with Crippen LogP contribution in [-0.2, 0) is 24.8 Å². The van der Waals surface area contributed by atoms with Gasteiger partial charge in [0.2, 0.25) is 0 Å². The van der Waals surface area contributed by atoms with Crippen molar-refractivity contribution in [2.24, 2.45) is 0 Å². The van der Waals surface area contributed by atoms with Gasteiger partial charge >= 0.3 is 20.4 Å². The van der Waals surface area contributed by atoms with Crippen LogP contribution in [0.3, 0.4) is 0 Å². The summed E-state index contributed by atoms with van der Waals surface area (Å²) in [7, 11) is -1.51. The molecule has 1 atom stereocenters. The molecule has 0 radical (unpaired) electrons. The van der Waals surface area contributed by atoms with E-state index in [1.165, 1.54) is 12.1 Å². The molecule has 0 amide bonds. The zero-order valence-corrected chi connectivity index (χ0v) is 19.5. The molecule has 2 aliphatic heterocycles. The summed E-state index contributed by atoms with van der Waals surface area (Å²) in [5.41, 5.74) is -1.98. The average Bonchev–Trinajstić information content (AvgIpc) is 2.94. The third-order valence-electron chi connectivity index (χ3n) is 7.10. The lowest BCUT2D eigenvalue weighted by atomic mass is 9.55. The second-order valence-electron chi connectivity index (χ2n) is 10.4. The van der Waals surface area contributed by atoms with E-state index in [4.69, 9.17) is 18.6 Å². The van der Waals surface area contributed by atoms with Gasteiger partial charge in [-0.3, -0.25) is 0 Å². The van der Waals surface area contributed by atoms with E-state index >= 15 is 0 Å². The van der Waals surface area contributed by atoms with Crippen LogP contribution in [0, 0.1) is 0 Å². The molecule has 0 unspecified atom stereocenters. The highest BCUT2D eigenvalue weighted by molar-refractivity contribution is 6.60. The Labute approximate surface area is 183 Å². The van der Waals surface area contributed by atoms with Gasteiger partial charge in [0.25, 0.3) is 0 Å². The van der Waals surface area contributed by atoms with Gasteiger partial charge < -0.3 is 18.6 Å². The Morgan fingerprint density at radius 2 is 1.16 bits per heavy atom. The Morgan fingerprint density at radius 3 is 1.55 bits per heavy atom. The maximum atomic E-state index is 13.1. The Kier molecular flexibility index (Phi) is 5.79. The molecule has 2 aliphatic rings. The largest absolute Gasteiger partial charge is 0.490 e. The molecule has 3 rings (SSSR count). The lowest BCUT2D eigenvalue weighted by molar-refractivity contribution is -0.137. The third-order valence-corrected chi connectivity index (χ3v) is 7.10. The molecule has 2 saturated heterocycles. The number of benzene rings is 1. The number of hydrogen-bond acceptors (Lipinski definition) is 4. The topological polar surface area (TPSA) is 36.9 Å². The lowest BCUT2D eigenvalue weighted by Gasteiger charge is -2.32. The maximum Gasteiger partial charge on any atom is 0.490 e. The summed E-state index contributed by atoms with van der Waals surface area (Å²) in [6.45, 7) is 19.7. The molecule has 0 aromatic heterocycles. The van der Waals surface area contributed by atoms with Gasteiger partial charge in [-0.2, -0.15) is 13.2 Å². The monoisotopic (exact) mass is 438 g/mol. The van der Waals surface area contributed by atoms with Gasteiger partial charge in [0, 0.05) is 5.82 Å². The summed E-state index contributed by atoms with van der Waals surface area (Å²) >= 11 is 0. The molecular weight excluding hydrogens is 407 g/mol. The first-order chi connectivity index (χ1) is 13.9. The number of hydrogen-bond donors (Lipinski definition) is 0. The molecule has 0 saturated carbocycles. The highest BCUT2D eigenvalue weighted by atomic mass is 19.4. The molecule has 2 heterocycles. The zero-order valence-electron chi connectivity index (χ0n) is 19.5. The summed E-state index contributed by atoms with van der Waals surface area (Å²) in [6, 6.07) is 5.00. The van der Waals surface area contributed by atoms with Crippen LogP contribution in [0.5, 0.6) is 0 Å². The predicted molar refractivity (Wildman–Crippen MR) is 115 cm³/mol. The van der Waals surface area contributed by atoms with E-state index < -0.39 is 54.2 Å². The van der Waals surface area contributed by atoms with Crippen molar-refractivity contribution in [3.63, 3.8) is 0 Å². The van der Waals surface area contributed by atoms with E-state index in [0.717, 1.165) is 12.1 Å². The minimum atomic E-state index is -4.42. The number of rotatable bonds is 4. The maximum absolute atomic E-state index is 13.1. The molecule has 0 spiro atoms. The number of allylic oxidation sites excluding steroid dienone is 1. The fourth-order valence-corrected chi connectivity index (χ4v) is 3.59. The molecule has 2 fully saturated rings. The van der Waals surface area contributed by atoms with Gasteiger partial charge in [0.1, 0.15) is 0 Å². The van der Waals surface area contributed by atoms with Crippen LogP contribution in [0.15, 0.2) is 36.3 Å². The summed E-state index contributed by atoms with van der Waals surface area (Å²) < 4.78 is 64.1. The molecule has 1 aromatic rings. The van der Waals surface area contributed by atoms with Gasteiger partial charge in [0.05, 0.1) is 28.0 Å². The third kappa shape index (κ3) is 4.34. The van der Waals surface area contributed by atoms with Gasteiger partial charge in [-0.25, -0.2) is 0 Å². The Hall–Kier alpha value is -1.28. The van der Waals surface area contributed by atoms with Crippen molar-refractivity contribution in [3.8, 4) is 0 Å². The van der Waals surface area contributed by atoms with Crippen molar-refractivity contribution in [3.05, 3.63) is 47.4 Å². The van der Waals surface area contributed by atoms with Crippen molar-refractivity contribution in [2.75, 3.05) is 0 Å². The summed E-state index contributed by atoms with van der Waals surface area (Å²) in [4.78, 5) is 0. The van der Waals surface area contributed by atoms with Crippen molar-refractivity contribution in [2.45, 2.75) is 89.8 Å². The Morgan fingerprint density at radius 1 is 0.774 bits per heavy atom. The molecular formula is C22H31B2F3O4. The average molecular weight is 438 g/mol.